The van der Waals surface area contributed by atoms with Crippen molar-refractivity contribution in [3.63, 3.8) is 0 Å². The summed E-state index contributed by atoms with van der Waals surface area (Å²) in [6.45, 7) is 0.575. The summed E-state index contributed by atoms with van der Waals surface area (Å²) >= 11 is 0. The Morgan fingerprint density at radius 3 is 2.64 bits per heavy atom. The van der Waals surface area contributed by atoms with E-state index in [0.29, 0.717) is 13.0 Å². The third-order valence-corrected chi connectivity index (χ3v) is 4.72. The van der Waals surface area contributed by atoms with Crippen LogP contribution in [-0.2, 0) is 14.6 Å². The van der Waals surface area contributed by atoms with Gasteiger partial charge in [-0.2, -0.15) is 0 Å². The number of nitrogens with zero attached hydrogens (tertiary/aromatic N) is 2. The molecule has 1 aliphatic rings. The molecule has 120 valence electrons. The van der Waals surface area contributed by atoms with Crippen LogP contribution in [0.4, 0.5) is 11.4 Å². The molecule has 1 saturated heterocycles. The van der Waals surface area contributed by atoms with E-state index >= 15 is 0 Å². The maximum absolute atomic E-state index is 11.7. The van der Waals surface area contributed by atoms with Crippen molar-refractivity contribution in [1.82, 2.24) is 4.90 Å². The number of sulfone groups is 1. The molecule has 8 nitrogen and oxygen atoms in total. The Kier molecular flexibility index (Phi) is 4.36. The molecule has 1 unspecified atom stereocenters. The van der Waals surface area contributed by atoms with Gasteiger partial charge >= 0.3 is 0 Å². The molecule has 1 amide bonds. The number of nitro groups is 1. The first-order valence-corrected chi connectivity index (χ1v) is 8.56. The first-order valence-electron chi connectivity index (χ1n) is 6.67. The van der Waals surface area contributed by atoms with Gasteiger partial charge in [0.25, 0.3) is 5.69 Å². The van der Waals surface area contributed by atoms with Crippen LogP contribution in [0, 0.1) is 10.1 Å². The van der Waals surface area contributed by atoms with Crippen LogP contribution in [0.5, 0.6) is 0 Å². The van der Waals surface area contributed by atoms with Gasteiger partial charge in [-0.25, -0.2) is 8.42 Å². The maximum Gasteiger partial charge on any atom is 0.293 e. The van der Waals surface area contributed by atoms with E-state index in [-0.39, 0.29) is 34.6 Å². The van der Waals surface area contributed by atoms with Gasteiger partial charge in [-0.15, -0.1) is 0 Å². The topological polar surface area (TPSA) is 110 Å². The lowest BCUT2D eigenvalue weighted by atomic mass is 10.0. The molecule has 1 heterocycles. The second kappa shape index (κ2) is 5.91. The molecular weight excluding hydrogens is 310 g/mol. The van der Waals surface area contributed by atoms with Crippen LogP contribution in [0.2, 0.25) is 0 Å². The SMILES string of the molecule is CN1CCC(Nc2ccc(S(C)(=O)=O)cc2[N+](=O)[O-])CC1=O. The summed E-state index contributed by atoms with van der Waals surface area (Å²) in [6.07, 6.45) is 1.92. The van der Waals surface area contributed by atoms with Gasteiger partial charge in [0.1, 0.15) is 5.69 Å². The van der Waals surface area contributed by atoms with Crippen molar-refractivity contribution < 1.29 is 18.1 Å². The van der Waals surface area contributed by atoms with Gasteiger partial charge in [-0.3, -0.25) is 14.9 Å². The van der Waals surface area contributed by atoms with Gasteiger partial charge < -0.3 is 10.2 Å². The number of rotatable bonds is 4. The Bertz CT molecular complexity index is 716. The molecule has 0 bridgehead atoms. The Hall–Kier alpha value is -2.16. The van der Waals surface area contributed by atoms with Gasteiger partial charge in [-0.1, -0.05) is 0 Å². The van der Waals surface area contributed by atoms with Gasteiger partial charge in [0.05, 0.1) is 9.82 Å². The molecule has 0 aliphatic carbocycles. The van der Waals surface area contributed by atoms with Crippen LogP contribution in [0.15, 0.2) is 23.1 Å². The van der Waals surface area contributed by atoms with Crippen molar-refractivity contribution in [2.24, 2.45) is 0 Å². The zero-order valence-electron chi connectivity index (χ0n) is 12.3. The van der Waals surface area contributed by atoms with Crippen LogP contribution in [0.1, 0.15) is 12.8 Å². The number of hydrogen-bond donors (Lipinski definition) is 1. The minimum atomic E-state index is -3.52. The minimum absolute atomic E-state index is 0.0286. The van der Waals surface area contributed by atoms with E-state index in [0.717, 1.165) is 12.3 Å². The summed E-state index contributed by atoms with van der Waals surface area (Å²) in [6, 6.07) is 3.53. The maximum atomic E-state index is 11.7. The predicted octanol–water partition coefficient (Wildman–Crippen LogP) is 1.03. The first-order chi connectivity index (χ1) is 10.2. The van der Waals surface area contributed by atoms with E-state index in [1.54, 1.807) is 11.9 Å². The van der Waals surface area contributed by atoms with Crippen molar-refractivity contribution in [1.29, 1.82) is 0 Å². The normalized spacial score (nSPS) is 19.1. The highest BCUT2D eigenvalue weighted by Crippen LogP contribution is 2.29. The smallest absolute Gasteiger partial charge is 0.293 e. The summed E-state index contributed by atoms with van der Waals surface area (Å²) < 4.78 is 23.0. The van der Waals surface area contributed by atoms with Crippen molar-refractivity contribution in [3.8, 4) is 0 Å². The number of nitrogens with one attached hydrogen (secondary N) is 1. The fourth-order valence-corrected chi connectivity index (χ4v) is 2.94. The van der Waals surface area contributed by atoms with Gasteiger partial charge in [0.2, 0.25) is 5.91 Å². The fourth-order valence-electron chi connectivity index (χ4n) is 2.30. The van der Waals surface area contributed by atoms with Crippen LogP contribution >= 0.6 is 0 Å². The molecule has 2 rings (SSSR count). The lowest BCUT2D eigenvalue weighted by molar-refractivity contribution is -0.384. The van der Waals surface area contributed by atoms with E-state index in [1.807, 2.05) is 0 Å². The number of carbonyl (C=O) groups is 1. The average Bonchev–Trinajstić information content (AvgIpc) is 2.42. The molecule has 1 atom stereocenters. The average molecular weight is 327 g/mol. The molecule has 1 fully saturated rings. The highest BCUT2D eigenvalue weighted by molar-refractivity contribution is 7.90. The zero-order chi connectivity index (χ0) is 16.5. The van der Waals surface area contributed by atoms with E-state index in [2.05, 4.69) is 5.32 Å². The van der Waals surface area contributed by atoms with E-state index in [4.69, 9.17) is 0 Å². The van der Waals surface area contributed by atoms with Crippen molar-refractivity contribution in [2.75, 3.05) is 25.2 Å². The molecule has 1 aromatic carbocycles. The number of amides is 1. The Balaban J connectivity index is 2.28. The molecule has 9 heteroatoms. The summed E-state index contributed by atoms with van der Waals surface area (Å²) in [5.41, 5.74) is -0.0888. The van der Waals surface area contributed by atoms with E-state index in [1.165, 1.54) is 12.1 Å². The lowest BCUT2D eigenvalue weighted by Gasteiger charge is -2.29. The highest BCUT2D eigenvalue weighted by Gasteiger charge is 2.26. The van der Waals surface area contributed by atoms with Gasteiger partial charge in [0, 0.05) is 38.4 Å². The molecule has 1 N–H and O–H groups in total. The number of anilines is 1. The van der Waals surface area contributed by atoms with E-state index < -0.39 is 14.8 Å². The zero-order valence-corrected chi connectivity index (χ0v) is 13.1. The molecule has 1 aromatic rings. The first kappa shape index (κ1) is 16.2. The van der Waals surface area contributed by atoms with Crippen molar-refractivity contribution in [3.05, 3.63) is 28.3 Å². The van der Waals surface area contributed by atoms with Crippen molar-refractivity contribution >= 4 is 27.1 Å². The highest BCUT2D eigenvalue weighted by atomic mass is 32.2. The fraction of sp³-hybridized carbons (Fsp3) is 0.462. The number of piperidine rings is 1. The number of likely N-dealkylation sites (tertiary alicyclic amines) is 1. The Morgan fingerprint density at radius 2 is 2.09 bits per heavy atom. The number of benzene rings is 1. The quantitative estimate of drug-likeness (QED) is 0.653. The Morgan fingerprint density at radius 1 is 1.41 bits per heavy atom. The second-order valence-electron chi connectivity index (χ2n) is 5.36. The van der Waals surface area contributed by atoms with Crippen LogP contribution in [0.25, 0.3) is 0 Å². The molecule has 0 saturated carbocycles. The third-order valence-electron chi connectivity index (χ3n) is 3.61. The van der Waals surface area contributed by atoms with Crippen molar-refractivity contribution in [2.45, 2.75) is 23.8 Å². The second-order valence-corrected chi connectivity index (χ2v) is 7.37. The Labute approximate surface area is 128 Å². The summed E-state index contributed by atoms with van der Waals surface area (Å²) in [5.74, 6) is -0.0286. The lowest BCUT2D eigenvalue weighted by Crippen LogP contribution is -2.41. The summed E-state index contributed by atoms with van der Waals surface area (Å²) in [4.78, 5) is 23.7. The standard InChI is InChI=1S/C13H17N3O5S/c1-15-6-5-9(7-13(15)17)14-11-4-3-10(22(2,20)21)8-12(11)16(18)19/h3-4,8-9,14H,5-7H2,1-2H3. The van der Waals surface area contributed by atoms with Crippen LogP contribution in [-0.4, -0.2) is 50.0 Å². The minimum Gasteiger partial charge on any atom is -0.376 e. The number of nitro benzene ring substituents is 1. The van der Waals surface area contributed by atoms with Gasteiger partial charge in [-0.05, 0) is 18.6 Å². The predicted molar refractivity (Wildman–Crippen MR) is 80.5 cm³/mol. The molecule has 22 heavy (non-hydrogen) atoms. The summed E-state index contributed by atoms with van der Waals surface area (Å²) in [7, 11) is -1.81. The molecule has 1 aliphatic heterocycles. The van der Waals surface area contributed by atoms with E-state index in [9.17, 15) is 23.3 Å². The molecule has 0 radical (unpaired) electrons. The number of hydrogen-bond acceptors (Lipinski definition) is 6. The monoisotopic (exact) mass is 327 g/mol. The molecule has 0 aromatic heterocycles. The van der Waals surface area contributed by atoms with Crippen LogP contribution < -0.4 is 5.32 Å². The third kappa shape index (κ3) is 3.53. The van der Waals surface area contributed by atoms with Gasteiger partial charge in [0.15, 0.2) is 9.84 Å². The summed E-state index contributed by atoms with van der Waals surface area (Å²) in [5, 5.41) is 14.1. The molecular formula is C13H17N3O5S. The van der Waals surface area contributed by atoms with Crippen LogP contribution in [0.3, 0.4) is 0 Å². The largest absolute Gasteiger partial charge is 0.376 e. The number of carbonyl (C=O) groups excluding carboxylic acids is 1. The molecule has 0 spiro atoms.